The summed E-state index contributed by atoms with van der Waals surface area (Å²) in [5, 5.41) is 18.0. The lowest BCUT2D eigenvalue weighted by Crippen LogP contribution is -2.20. The van der Waals surface area contributed by atoms with E-state index in [1.807, 2.05) is 0 Å². The second-order valence-corrected chi connectivity index (χ2v) is 3.53. The molecule has 0 aliphatic heterocycles. The van der Waals surface area contributed by atoms with E-state index in [2.05, 4.69) is 6.07 Å². The van der Waals surface area contributed by atoms with Crippen LogP contribution in [-0.2, 0) is 0 Å². The summed E-state index contributed by atoms with van der Waals surface area (Å²) in [5.41, 5.74) is 0. The third kappa shape index (κ3) is 0.674. The number of nitriles is 1. The van der Waals surface area contributed by atoms with Gasteiger partial charge in [-0.15, -0.1) is 0 Å². The van der Waals surface area contributed by atoms with E-state index in [4.69, 9.17) is 5.26 Å². The number of nitrogens with zero attached hydrogens (tertiary/aromatic N) is 1. The molecule has 2 aliphatic carbocycles. The lowest BCUT2D eigenvalue weighted by Gasteiger charge is -2.18. The fraction of sp³-hybridized carbons (Fsp3) is 0.875. The van der Waals surface area contributed by atoms with Gasteiger partial charge in [-0.1, -0.05) is 0 Å². The van der Waals surface area contributed by atoms with Crippen molar-refractivity contribution in [2.75, 3.05) is 0 Å². The van der Waals surface area contributed by atoms with Crippen molar-refractivity contribution in [3.63, 3.8) is 0 Å². The normalized spacial score (nSPS) is 51.2. The first kappa shape index (κ1) is 6.18. The Morgan fingerprint density at radius 2 is 2.00 bits per heavy atom. The lowest BCUT2D eigenvalue weighted by molar-refractivity contribution is 0.104. The fourth-order valence-corrected chi connectivity index (χ4v) is 2.40. The van der Waals surface area contributed by atoms with Gasteiger partial charge in [0, 0.05) is 5.92 Å². The zero-order chi connectivity index (χ0) is 7.14. The van der Waals surface area contributed by atoms with E-state index >= 15 is 0 Å². The van der Waals surface area contributed by atoms with Crippen molar-refractivity contribution in [3.05, 3.63) is 0 Å². The summed E-state index contributed by atoms with van der Waals surface area (Å²) in [6.07, 6.45) is 2.83. The number of hydrogen-bond acceptors (Lipinski definition) is 2. The summed E-state index contributed by atoms with van der Waals surface area (Å²) in [4.78, 5) is 0. The quantitative estimate of drug-likeness (QED) is 0.539. The van der Waals surface area contributed by atoms with Gasteiger partial charge in [0.05, 0.1) is 12.2 Å². The Balaban J connectivity index is 2.11. The van der Waals surface area contributed by atoms with Gasteiger partial charge in [0.2, 0.25) is 0 Å². The van der Waals surface area contributed by atoms with Gasteiger partial charge in [-0.3, -0.25) is 0 Å². The maximum atomic E-state index is 9.32. The van der Waals surface area contributed by atoms with Gasteiger partial charge < -0.3 is 5.11 Å². The molecule has 0 spiro atoms. The number of fused-ring (bicyclic) bond motifs is 2. The smallest absolute Gasteiger partial charge is 0.0658 e. The molecule has 2 aliphatic rings. The zero-order valence-corrected chi connectivity index (χ0v) is 5.83. The molecule has 0 saturated heterocycles. The standard InChI is InChI=1S/C8H11NO/c9-4-7-2-6-1-5(7)3-8(6)10/h5-8,10H,1-3H2/t5-,6-,7-,8+/m0/s1. The predicted octanol–water partition coefficient (Wildman–Crippen LogP) is 0.917. The molecule has 0 aromatic carbocycles. The van der Waals surface area contributed by atoms with E-state index < -0.39 is 0 Å². The minimum atomic E-state index is -0.0883. The first-order chi connectivity index (χ1) is 4.81. The summed E-state index contributed by atoms with van der Waals surface area (Å²) in [5.74, 6) is 1.23. The van der Waals surface area contributed by atoms with Gasteiger partial charge in [-0.2, -0.15) is 5.26 Å². The summed E-state index contributed by atoms with van der Waals surface area (Å²) in [6, 6.07) is 2.30. The van der Waals surface area contributed by atoms with Crippen molar-refractivity contribution in [1.29, 1.82) is 5.26 Å². The average molecular weight is 137 g/mol. The largest absolute Gasteiger partial charge is 0.393 e. The van der Waals surface area contributed by atoms with E-state index in [-0.39, 0.29) is 12.0 Å². The Morgan fingerprint density at radius 3 is 2.40 bits per heavy atom. The highest BCUT2D eigenvalue weighted by atomic mass is 16.3. The van der Waals surface area contributed by atoms with Crippen molar-refractivity contribution in [1.82, 2.24) is 0 Å². The highest BCUT2D eigenvalue weighted by Crippen LogP contribution is 2.47. The predicted molar refractivity (Wildman–Crippen MR) is 35.9 cm³/mol. The van der Waals surface area contributed by atoms with Crippen LogP contribution in [0.4, 0.5) is 0 Å². The SMILES string of the molecule is N#C[C@@H]1C[C@@H]2C[C@H]1C[C@H]2O. The van der Waals surface area contributed by atoms with Crippen molar-refractivity contribution >= 4 is 0 Å². The molecule has 0 radical (unpaired) electrons. The minimum Gasteiger partial charge on any atom is -0.393 e. The molecule has 1 N–H and O–H groups in total. The molecule has 2 nitrogen and oxygen atoms in total. The van der Waals surface area contributed by atoms with E-state index in [0.717, 1.165) is 19.3 Å². The fourth-order valence-electron chi connectivity index (χ4n) is 2.40. The topological polar surface area (TPSA) is 44.0 Å². The molecule has 0 amide bonds. The lowest BCUT2D eigenvalue weighted by atomic mass is 9.88. The maximum Gasteiger partial charge on any atom is 0.0658 e. The van der Waals surface area contributed by atoms with Gasteiger partial charge in [-0.25, -0.2) is 0 Å². The van der Waals surface area contributed by atoms with Crippen LogP contribution in [0.2, 0.25) is 0 Å². The highest BCUT2D eigenvalue weighted by Gasteiger charge is 2.45. The Bertz CT molecular complexity index is 182. The van der Waals surface area contributed by atoms with Crippen LogP contribution in [0.1, 0.15) is 19.3 Å². The molecule has 0 heterocycles. The maximum absolute atomic E-state index is 9.32. The third-order valence-corrected chi connectivity index (χ3v) is 2.99. The molecule has 0 unspecified atom stereocenters. The molecule has 0 aromatic heterocycles. The number of hydrogen-bond donors (Lipinski definition) is 1. The van der Waals surface area contributed by atoms with Crippen LogP contribution in [0, 0.1) is 29.1 Å². The molecular weight excluding hydrogens is 126 g/mol. The molecule has 2 rings (SSSR count). The number of aliphatic hydroxyl groups is 1. The monoisotopic (exact) mass is 137 g/mol. The summed E-state index contributed by atoms with van der Waals surface area (Å²) in [7, 11) is 0. The van der Waals surface area contributed by atoms with Crippen LogP contribution in [0.15, 0.2) is 0 Å². The van der Waals surface area contributed by atoms with Crippen molar-refractivity contribution < 1.29 is 5.11 Å². The van der Waals surface area contributed by atoms with Gasteiger partial charge in [0.25, 0.3) is 0 Å². The summed E-state index contributed by atoms with van der Waals surface area (Å²) in [6.45, 7) is 0. The molecule has 2 heteroatoms. The first-order valence-corrected chi connectivity index (χ1v) is 3.89. The molecule has 4 atom stereocenters. The molecule has 2 fully saturated rings. The van der Waals surface area contributed by atoms with Gasteiger partial charge in [0.1, 0.15) is 0 Å². The molecule has 0 aromatic rings. The zero-order valence-electron chi connectivity index (χ0n) is 5.83. The van der Waals surface area contributed by atoms with Crippen LogP contribution >= 0.6 is 0 Å². The first-order valence-electron chi connectivity index (χ1n) is 3.89. The molecular formula is C8H11NO. The Labute approximate surface area is 60.5 Å². The van der Waals surface area contributed by atoms with E-state index in [9.17, 15) is 5.11 Å². The summed E-state index contributed by atoms with van der Waals surface area (Å²) < 4.78 is 0. The second-order valence-electron chi connectivity index (χ2n) is 3.53. The van der Waals surface area contributed by atoms with Gasteiger partial charge in [0.15, 0.2) is 0 Å². The van der Waals surface area contributed by atoms with Crippen molar-refractivity contribution in [2.24, 2.45) is 17.8 Å². The van der Waals surface area contributed by atoms with E-state index in [1.54, 1.807) is 0 Å². The minimum absolute atomic E-state index is 0.0883. The average Bonchev–Trinajstić information content (AvgIpc) is 2.44. The van der Waals surface area contributed by atoms with Crippen LogP contribution in [0.3, 0.4) is 0 Å². The Morgan fingerprint density at radius 1 is 1.20 bits per heavy atom. The van der Waals surface area contributed by atoms with Crippen LogP contribution in [-0.4, -0.2) is 11.2 Å². The molecule has 2 saturated carbocycles. The van der Waals surface area contributed by atoms with Gasteiger partial charge in [-0.05, 0) is 31.1 Å². The van der Waals surface area contributed by atoms with Crippen LogP contribution in [0.5, 0.6) is 0 Å². The van der Waals surface area contributed by atoms with Gasteiger partial charge >= 0.3 is 0 Å². The highest BCUT2D eigenvalue weighted by molar-refractivity contribution is 5.03. The second kappa shape index (κ2) is 1.96. The molecule has 10 heavy (non-hydrogen) atoms. The Kier molecular flexibility index (Phi) is 1.21. The van der Waals surface area contributed by atoms with Crippen LogP contribution in [0.25, 0.3) is 0 Å². The van der Waals surface area contributed by atoms with E-state index in [0.29, 0.717) is 11.8 Å². The van der Waals surface area contributed by atoms with E-state index in [1.165, 1.54) is 0 Å². The third-order valence-electron chi connectivity index (χ3n) is 2.99. The summed E-state index contributed by atoms with van der Waals surface area (Å²) >= 11 is 0. The van der Waals surface area contributed by atoms with Crippen molar-refractivity contribution in [2.45, 2.75) is 25.4 Å². The number of aliphatic hydroxyl groups excluding tert-OH is 1. The molecule has 2 bridgehead atoms. The van der Waals surface area contributed by atoms with Crippen LogP contribution < -0.4 is 0 Å². The Hall–Kier alpha value is -0.550. The number of rotatable bonds is 0. The van der Waals surface area contributed by atoms with Crippen molar-refractivity contribution in [3.8, 4) is 6.07 Å². The molecule has 54 valence electrons.